The maximum Gasteiger partial charge on any atom is 0.364 e. The first kappa shape index (κ1) is 26.2. The summed E-state index contributed by atoms with van der Waals surface area (Å²) in [5, 5.41) is 0.588. The molecule has 3 aliphatic rings. The van der Waals surface area contributed by atoms with Crippen LogP contribution in [-0.4, -0.2) is 61.3 Å². The van der Waals surface area contributed by atoms with E-state index in [4.69, 9.17) is 9.57 Å². The number of amides is 2. The summed E-state index contributed by atoms with van der Waals surface area (Å²) >= 11 is 0. The first-order valence-corrected chi connectivity index (χ1v) is 11.8. The second-order valence-electron chi connectivity index (χ2n) is 9.50. The molecule has 0 bridgehead atoms. The molecule has 2 unspecified atom stereocenters. The minimum atomic E-state index is -0.738. The van der Waals surface area contributed by atoms with Gasteiger partial charge in [0, 0.05) is 68.2 Å². The van der Waals surface area contributed by atoms with Crippen molar-refractivity contribution < 1.29 is 40.9 Å². The van der Waals surface area contributed by atoms with E-state index in [0.717, 1.165) is 34.0 Å². The van der Waals surface area contributed by atoms with Crippen molar-refractivity contribution in [3.63, 3.8) is 0 Å². The van der Waals surface area contributed by atoms with E-state index in [0.29, 0.717) is 10.6 Å². The summed E-state index contributed by atoms with van der Waals surface area (Å²) in [6.07, 6.45) is 6.24. The Morgan fingerprint density at radius 2 is 1.76 bits per heavy atom. The zero-order valence-corrected chi connectivity index (χ0v) is 21.9. The van der Waals surface area contributed by atoms with Gasteiger partial charge in [-0.25, -0.2) is 9.37 Å². The highest BCUT2D eigenvalue weighted by molar-refractivity contribution is 6.03. The number of imide groups is 1. The van der Waals surface area contributed by atoms with E-state index in [1.165, 1.54) is 0 Å². The summed E-state index contributed by atoms with van der Waals surface area (Å²) in [6, 6.07) is 13.2. The third-order valence-electron chi connectivity index (χ3n) is 6.74. The molecule has 0 radical (unpaired) electrons. The number of nitrogens with zero attached hydrogens (tertiary/aromatic N) is 3. The molecule has 37 heavy (non-hydrogen) atoms. The molecule has 0 spiro atoms. The lowest BCUT2D eigenvalue weighted by Crippen LogP contribution is -3.00. The smallest absolute Gasteiger partial charge is 0.364 e. The SMILES string of the molecule is CN(C)c1ccc2c(c1)OC1=CC(=[N+](C)C)C=CC1C2c1ccccc1C(=O)ON1C(=O)CCC1=O.[Cl-]. The quantitative estimate of drug-likeness (QED) is 0.425. The third kappa shape index (κ3) is 4.76. The summed E-state index contributed by atoms with van der Waals surface area (Å²) in [4.78, 5) is 44.7. The lowest BCUT2D eigenvalue weighted by Gasteiger charge is -2.36. The number of benzene rings is 2. The van der Waals surface area contributed by atoms with Gasteiger partial charge in [-0.1, -0.05) is 30.3 Å². The van der Waals surface area contributed by atoms with Crippen LogP contribution in [0, 0.1) is 5.92 Å². The third-order valence-corrected chi connectivity index (χ3v) is 6.74. The maximum absolute atomic E-state index is 13.3. The first-order valence-electron chi connectivity index (χ1n) is 11.8. The van der Waals surface area contributed by atoms with Crippen LogP contribution < -0.4 is 22.0 Å². The number of hydrogen-bond donors (Lipinski definition) is 0. The van der Waals surface area contributed by atoms with Crippen molar-refractivity contribution >= 4 is 29.2 Å². The van der Waals surface area contributed by atoms with Crippen molar-refractivity contribution in [2.24, 2.45) is 5.92 Å². The Balaban J connectivity index is 0.00000320. The lowest BCUT2D eigenvalue weighted by molar-refractivity contribution is -0.462. The molecule has 0 saturated carbocycles. The number of ether oxygens (including phenoxy) is 1. The van der Waals surface area contributed by atoms with Crippen molar-refractivity contribution in [1.82, 2.24) is 5.06 Å². The van der Waals surface area contributed by atoms with Crippen molar-refractivity contribution in [1.29, 1.82) is 0 Å². The van der Waals surface area contributed by atoms with Gasteiger partial charge in [0.05, 0.1) is 5.56 Å². The Bertz CT molecular complexity index is 1360. The molecule has 2 amide bonds. The van der Waals surface area contributed by atoms with Gasteiger partial charge in [0.1, 0.15) is 25.6 Å². The Hall–Kier alpha value is -3.91. The highest BCUT2D eigenvalue weighted by Gasteiger charge is 2.40. The molecule has 2 aliphatic heterocycles. The number of carbonyl (C=O) groups is 3. The Kier molecular flexibility index (Phi) is 7.23. The summed E-state index contributed by atoms with van der Waals surface area (Å²) < 4.78 is 8.43. The van der Waals surface area contributed by atoms with Crippen molar-refractivity contribution in [2.75, 3.05) is 33.1 Å². The van der Waals surface area contributed by atoms with Crippen LogP contribution in [0.5, 0.6) is 5.75 Å². The van der Waals surface area contributed by atoms with Crippen LogP contribution in [-0.2, 0) is 14.4 Å². The second-order valence-corrected chi connectivity index (χ2v) is 9.50. The Morgan fingerprint density at radius 1 is 1.05 bits per heavy atom. The number of carbonyl (C=O) groups excluding carboxylic acids is 3. The van der Waals surface area contributed by atoms with Gasteiger partial charge in [0.25, 0.3) is 11.8 Å². The Labute approximate surface area is 221 Å². The molecule has 0 N–H and O–H groups in total. The number of rotatable bonds is 4. The van der Waals surface area contributed by atoms with E-state index in [-0.39, 0.29) is 37.1 Å². The summed E-state index contributed by atoms with van der Waals surface area (Å²) in [5.74, 6) is -0.660. The van der Waals surface area contributed by atoms with Gasteiger partial charge in [-0.3, -0.25) is 9.59 Å². The monoisotopic (exact) mass is 521 g/mol. The highest BCUT2D eigenvalue weighted by atomic mass is 35.5. The molecule has 2 heterocycles. The van der Waals surface area contributed by atoms with Crippen LogP contribution in [0.2, 0.25) is 0 Å². The summed E-state index contributed by atoms with van der Waals surface area (Å²) in [5.41, 5.74) is 3.97. The van der Waals surface area contributed by atoms with Crippen molar-refractivity contribution in [2.45, 2.75) is 18.8 Å². The van der Waals surface area contributed by atoms with Crippen LogP contribution in [0.15, 0.2) is 66.5 Å². The number of fused-ring (bicyclic) bond motifs is 2. The van der Waals surface area contributed by atoms with E-state index >= 15 is 0 Å². The number of hydrogen-bond acceptors (Lipinski definition) is 6. The van der Waals surface area contributed by atoms with E-state index in [2.05, 4.69) is 6.08 Å². The zero-order valence-electron chi connectivity index (χ0n) is 21.1. The van der Waals surface area contributed by atoms with E-state index in [1.54, 1.807) is 12.1 Å². The number of hydroxylamine groups is 2. The molecule has 2 atom stereocenters. The maximum atomic E-state index is 13.3. The normalized spacial score (nSPS) is 19.8. The molecular weight excluding hydrogens is 494 g/mol. The summed E-state index contributed by atoms with van der Waals surface area (Å²) in [7, 11) is 7.89. The fourth-order valence-corrected chi connectivity index (χ4v) is 4.81. The molecule has 1 aliphatic carbocycles. The largest absolute Gasteiger partial charge is 1.00 e. The van der Waals surface area contributed by atoms with Gasteiger partial charge in [-0.15, -0.1) is 5.06 Å². The molecule has 9 heteroatoms. The molecule has 1 fully saturated rings. The van der Waals surface area contributed by atoms with Crippen molar-refractivity contribution in [3.8, 4) is 5.75 Å². The topological polar surface area (TPSA) is 79.2 Å². The van der Waals surface area contributed by atoms with E-state index in [9.17, 15) is 14.4 Å². The van der Waals surface area contributed by atoms with Gasteiger partial charge in [-0.2, -0.15) is 0 Å². The average molecular weight is 522 g/mol. The van der Waals surface area contributed by atoms with Gasteiger partial charge in [0.2, 0.25) is 5.71 Å². The van der Waals surface area contributed by atoms with Gasteiger partial charge < -0.3 is 26.9 Å². The van der Waals surface area contributed by atoms with E-state index < -0.39 is 17.8 Å². The van der Waals surface area contributed by atoms with Crippen LogP contribution in [0.3, 0.4) is 0 Å². The molecule has 5 rings (SSSR count). The van der Waals surface area contributed by atoms with E-state index in [1.807, 2.05) is 80.1 Å². The standard InChI is InChI=1S/C28H28N3O5.ClH/c1-29(2)17-9-11-21-23(15-17)35-24-16-18(30(3)4)10-12-22(24)27(21)19-7-5-6-8-20(19)28(34)36-31-25(32)13-14-26(31)33;/h5-12,15-16,21,27H,13-14H2,1-4H3;1H/q+1;/p-1. The molecule has 1 saturated heterocycles. The zero-order chi connectivity index (χ0) is 25.6. The average Bonchev–Trinajstić information content (AvgIpc) is 3.18. The first-order chi connectivity index (χ1) is 17.2. The predicted molar refractivity (Wildman–Crippen MR) is 134 cm³/mol. The highest BCUT2D eigenvalue weighted by Crippen LogP contribution is 2.49. The van der Waals surface area contributed by atoms with Crippen LogP contribution >= 0.6 is 0 Å². The van der Waals surface area contributed by atoms with Crippen LogP contribution in [0.1, 0.15) is 40.2 Å². The second kappa shape index (κ2) is 10.2. The predicted octanol–water partition coefficient (Wildman–Crippen LogP) is 0.285. The molecule has 2 aromatic rings. The van der Waals surface area contributed by atoms with Crippen LogP contribution in [0.4, 0.5) is 5.69 Å². The fourth-order valence-electron chi connectivity index (χ4n) is 4.81. The molecule has 8 nitrogen and oxygen atoms in total. The molecular formula is C28H28ClN3O5. The molecule has 0 aromatic heterocycles. The molecule has 192 valence electrons. The molecule has 2 aromatic carbocycles. The minimum absolute atomic E-state index is 0. The minimum Gasteiger partial charge on any atom is -1.00 e. The van der Waals surface area contributed by atoms with Crippen LogP contribution in [0.25, 0.3) is 0 Å². The number of allylic oxidation sites excluding steroid dienone is 3. The fraction of sp³-hybridized carbons (Fsp3) is 0.286. The Morgan fingerprint density at radius 3 is 2.43 bits per heavy atom. The van der Waals surface area contributed by atoms with Gasteiger partial charge in [0.15, 0.2) is 0 Å². The van der Waals surface area contributed by atoms with Crippen molar-refractivity contribution in [3.05, 3.63) is 83.1 Å². The number of anilines is 1. The number of halogens is 1. The lowest BCUT2D eigenvalue weighted by atomic mass is 9.74. The van der Waals surface area contributed by atoms with Gasteiger partial charge in [-0.05, 0) is 17.7 Å². The van der Waals surface area contributed by atoms with Gasteiger partial charge >= 0.3 is 5.97 Å². The summed E-state index contributed by atoms with van der Waals surface area (Å²) in [6.45, 7) is 0.